The molecule has 10 heteroatoms. The Labute approximate surface area is 281 Å². The zero-order valence-electron chi connectivity index (χ0n) is 25.8. The van der Waals surface area contributed by atoms with Crippen LogP contribution in [0.15, 0.2) is 95.7 Å². The molecule has 1 aliphatic rings. The van der Waals surface area contributed by atoms with E-state index < -0.39 is 17.1 Å². The van der Waals surface area contributed by atoms with Gasteiger partial charge in [0.1, 0.15) is 16.8 Å². The molecule has 2 aromatic heterocycles. The standard InChI is InChI=1S/C37H33N5O3S2/c1-2-32(36(45)42-37-29(21-38)28-16-7-9-18-33(28)47-37)46-26-14-10-13-25(20-26)40-35(44)31(41-34(43)23-11-4-3-5-12-23)19-24-22-39-30-17-8-6-15-27(24)30/h3-6,8,10-15,17,19-20,22,32,39H,2,7,9,16,18H2,1H3,(H,40,44)(H,41,43)(H,42,45)/b31-19-. The van der Waals surface area contributed by atoms with E-state index in [1.54, 1.807) is 42.6 Å². The first-order valence-corrected chi connectivity index (χ1v) is 17.2. The van der Waals surface area contributed by atoms with Crippen LogP contribution in [0.2, 0.25) is 0 Å². The fourth-order valence-corrected chi connectivity index (χ4v) is 7.86. The van der Waals surface area contributed by atoms with E-state index in [1.807, 2.05) is 55.5 Å². The summed E-state index contributed by atoms with van der Waals surface area (Å²) in [5, 5.41) is 19.7. The molecule has 0 radical (unpaired) electrons. The number of amides is 3. The number of aromatic amines is 1. The quantitative estimate of drug-likeness (QED) is 0.0896. The van der Waals surface area contributed by atoms with Crippen LogP contribution in [0.5, 0.6) is 0 Å². The Kier molecular flexibility index (Phi) is 9.86. The molecule has 4 N–H and O–H groups in total. The van der Waals surface area contributed by atoms with Crippen molar-refractivity contribution >= 4 is 68.5 Å². The van der Waals surface area contributed by atoms with Crippen molar-refractivity contribution in [3.05, 3.63) is 118 Å². The second kappa shape index (κ2) is 14.5. The van der Waals surface area contributed by atoms with E-state index in [4.69, 9.17) is 0 Å². The molecule has 0 saturated heterocycles. The highest BCUT2D eigenvalue weighted by Crippen LogP contribution is 2.38. The Hall–Kier alpha value is -5.11. The van der Waals surface area contributed by atoms with Gasteiger partial charge in [-0.05, 0) is 80.1 Å². The molecule has 1 unspecified atom stereocenters. The second-order valence-corrected chi connectivity index (χ2v) is 13.6. The van der Waals surface area contributed by atoms with Gasteiger partial charge in [0, 0.05) is 43.7 Å². The number of nitrogens with zero attached hydrogens (tertiary/aromatic N) is 1. The average molecular weight is 660 g/mol. The van der Waals surface area contributed by atoms with Crippen LogP contribution in [0.3, 0.4) is 0 Å². The number of carbonyl (C=O) groups excluding carboxylic acids is 3. The lowest BCUT2D eigenvalue weighted by Gasteiger charge is -2.15. The van der Waals surface area contributed by atoms with Crippen molar-refractivity contribution in [2.45, 2.75) is 49.2 Å². The number of rotatable bonds is 10. The number of aryl methyl sites for hydroxylation is 1. The molecule has 236 valence electrons. The number of aromatic nitrogens is 1. The highest BCUT2D eigenvalue weighted by atomic mass is 32.2. The number of H-pyrrole nitrogens is 1. The van der Waals surface area contributed by atoms with E-state index >= 15 is 0 Å². The fourth-order valence-electron chi connectivity index (χ4n) is 5.61. The first-order valence-electron chi connectivity index (χ1n) is 15.5. The molecule has 0 saturated carbocycles. The molecule has 6 rings (SSSR count). The summed E-state index contributed by atoms with van der Waals surface area (Å²) in [7, 11) is 0. The number of hydrogen-bond donors (Lipinski definition) is 4. The minimum Gasteiger partial charge on any atom is -0.361 e. The van der Waals surface area contributed by atoms with Gasteiger partial charge in [0.25, 0.3) is 11.8 Å². The van der Waals surface area contributed by atoms with Crippen LogP contribution < -0.4 is 16.0 Å². The molecular weight excluding hydrogens is 627 g/mol. The minimum atomic E-state index is -0.489. The van der Waals surface area contributed by atoms with Crippen LogP contribution in [0.4, 0.5) is 10.7 Å². The molecule has 5 aromatic rings. The molecule has 0 spiro atoms. The van der Waals surface area contributed by atoms with Gasteiger partial charge in [0.2, 0.25) is 5.91 Å². The smallest absolute Gasteiger partial charge is 0.272 e. The van der Waals surface area contributed by atoms with Crippen molar-refractivity contribution in [2.24, 2.45) is 0 Å². The molecule has 0 aliphatic heterocycles. The van der Waals surface area contributed by atoms with Gasteiger partial charge in [0.15, 0.2) is 0 Å². The fraction of sp³-hybridized carbons (Fsp3) is 0.189. The summed E-state index contributed by atoms with van der Waals surface area (Å²) in [5.74, 6) is -1.05. The molecule has 0 fully saturated rings. The summed E-state index contributed by atoms with van der Waals surface area (Å²) in [4.78, 5) is 45.4. The number of nitrogens with one attached hydrogen (secondary N) is 4. The van der Waals surface area contributed by atoms with Gasteiger partial charge in [-0.3, -0.25) is 14.4 Å². The zero-order chi connectivity index (χ0) is 32.8. The molecular formula is C37H33N5O3S2. The Morgan fingerprint density at radius 3 is 2.60 bits per heavy atom. The molecule has 8 nitrogen and oxygen atoms in total. The van der Waals surface area contributed by atoms with Crippen LogP contribution in [0, 0.1) is 11.3 Å². The zero-order valence-corrected chi connectivity index (χ0v) is 27.4. The number of nitriles is 1. The maximum atomic E-state index is 13.7. The summed E-state index contributed by atoms with van der Waals surface area (Å²) in [6.45, 7) is 1.95. The van der Waals surface area contributed by atoms with E-state index in [0.29, 0.717) is 28.2 Å². The Morgan fingerprint density at radius 2 is 1.79 bits per heavy atom. The molecule has 0 bridgehead atoms. The Balaban J connectivity index is 1.19. The van der Waals surface area contributed by atoms with Crippen LogP contribution in [-0.4, -0.2) is 28.0 Å². The monoisotopic (exact) mass is 659 g/mol. The lowest BCUT2D eigenvalue weighted by molar-refractivity contribution is -0.116. The van der Waals surface area contributed by atoms with Gasteiger partial charge < -0.3 is 20.9 Å². The summed E-state index contributed by atoms with van der Waals surface area (Å²) >= 11 is 2.91. The van der Waals surface area contributed by atoms with Crippen molar-refractivity contribution in [1.29, 1.82) is 5.26 Å². The Bertz CT molecular complexity index is 2020. The largest absolute Gasteiger partial charge is 0.361 e. The molecule has 1 aliphatic carbocycles. The molecule has 3 amide bonds. The minimum absolute atomic E-state index is 0.0828. The van der Waals surface area contributed by atoms with Crippen molar-refractivity contribution in [1.82, 2.24) is 10.3 Å². The molecule has 47 heavy (non-hydrogen) atoms. The number of hydrogen-bond acceptors (Lipinski definition) is 6. The Morgan fingerprint density at radius 1 is 1.00 bits per heavy atom. The predicted molar refractivity (Wildman–Crippen MR) is 189 cm³/mol. The van der Waals surface area contributed by atoms with Crippen molar-refractivity contribution in [3.63, 3.8) is 0 Å². The molecule has 2 heterocycles. The summed E-state index contributed by atoms with van der Waals surface area (Å²) in [5.41, 5.74) is 4.38. The molecule has 1 atom stereocenters. The third-order valence-electron chi connectivity index (χ3n) is 8.00. The summed E-state index contributed by atoms with van der Waals surface area (Å²) < 4.78 is 0. The number of para-hydroxylation sites is 1. The van der Waals surface area contributed by atoms with Crippen molar-refractivity contribution in [2.75, 3.05) is 10.6 Å². The van der Waals surface area contributed by atoms with Crippen LogP contribution >= 0.6 is 23.1 Å². The number of thiophene rings is 1. The number of fused-ring (bicyclic) bond motifs is 2. The average Bonchev–Trinajstić information content (AvgIpc) is 3.67. The van der Waals surface area contributed by atoms with E-state index in [2.05, 4.69) is 27.0 Å². The topological polar surface area (TPSA) is 127 Å². The van der Waals surface area contributed by atoms with E-state index in [0.717, 1.165) is 52.6 Å². The highest BCUT2D eigenvalue weighted by molar-refractivity contribution is 8.00. The lowest BCUT2D eigenvalue weighted by Crippen LogP contribution is -2.30. The van der Waals surface area contributed by atoms with Crippen LogP contribution in [0.25, 0.3) is 17.0 Å². The SMILES string of the molecule is CCC(Sc1cccc(NC(=O)/C(=C/c2c[nH]c3ccccc23)NC(=O)c2ccccc2)c1)C(=O)Nc1sc2c(c1C#N)CCCC2. The van der Waals surface area contributed by atoms with Crippen LogP contribution in [-0.2, 0) is 22.4 Å². The van der Waals surface area contributed by atoms with Gasteiger partial charge in [0.05, 0.1) is 10.8 Å². The summed E-state index contributed by atoms with van der Waals surface area (Å²) in [6.07, 6.45) is 8.02. The second-order valence-electron chi connectivity index (χ2n) is 11.2. The van der Waals surface area contributed by atoms with E-state index in [1.165, 1.54) is 28.0 Å². The number of anilines is 2. The van der Waals surface area contributed by atoms with Gasteiger partial charge in [-0.2, -0.15) is 5.26 Å². The van der Waals surface area contributed by atoms with E-state index in [-0.39, 0.29) is 11.6 Å². The first kappa shape index (κ1) is 31.9. The van der Waals surface area contributed by atoms with Crippen LogP contribution in [0.1, 0.15) is 58.1 Å². The maximum absolute atomic E-state index is 13.7. The maximum Gasteiger partial charge on any atom is 0.272 e. The number of carbonyl (C=O) groups is 3. The lowest BCUT2D eigenvalue weighted by atomic mass is 9.96. The highest BCUT2D eigenvalue weighted by Gasteiger charge is 2.25. The number of thioether (sulfide) groups is 1. The normalized spacial score (nSPS) is 13.3. The van der Waals surface area contributed by atoms with Gasteiger partial charge in [-0.15, -0.1) is 23.1 Å². The number of benzene rings is 3. The van der Waals surface area contributed by atoms with Crippen molar-refractivity contribution in [3.8, 4) is 6.07 Å². The third-order valence-corrected chi connectivity index (χ3v) is 10.6. The van der Waals surface area contributed by atoms with Gasteiger partial charge >= 0.3 is 0 Å². The van der Waals surface area contributed by atoms with Crippen molar-refractivity contribution < 1.29 is 14.4 Å². The van der Waals surface area contributed by atoms with Gasteiger partial charge in [-0.1, -0.05) is 49.4 Å². The predicted octanol–water partition coefficient (Wildman–Crippen LogP) is 7.90. The summed E-state index contributed by atoms with van der Waals surface area (Å²) in [6, 6.07) is 26.0. The van der Waals surface area contributed by atoms with E-state index in [9.17, 15) is 19.6 Å². The molecule has 3 aromatic carbocycles. The van der Waals surface area contributed by atoms with Gasteiger partial charge in [-0.25, -0.2) is 0 Å². The third kappa shape index (κ3) is 7.32. The first-order chi connectivity index (χ1) is 22.9.